The number of benzene rings is 1. The topological polar surface area (TPSA) is 92.6 Å². The van der Waals surface area contributed by atoms with E-state index in [1.165, 1.54) is 4.90 Å². The summed E-state index contributed by atoms with van der Waals surface area (Å²) in [5.41, 5.74) is 1.63. The van der Waals surface area contributed by atoms with Crippen LogP contribution in [0.2, 0.25) is 5.02 Å². The number of hydrogen-bond donors (Lipinski definition) is 1. The van der Waals surface area contributed by atoms with E-state index in [0.29, 0.717) is 17.9 Å². The number of carbonyl (C=O) groups is 2. The number of hydrogen-bond acceptors (Lipinski definition) is 6. The summed E-state index contributed by atoms with van der Waals surface area (Å²) in [7, 11) is 0. The molecule has 1 aromatic carbocycles. The Morgan fingerprint density at radius 3 is 2.38 bits per heavy atom. The lowest BCUT2D eigenvalue weighted by Gasteiger charge is -2.25. The van der Waals surface area contributed by atoms with E-state index in [2.05, 4.69) is 9.97 Å². The van der Waals surface area contributed by atoms with E-state index in [9.17, 15) is 14.7 Å². The molecule has 0 spiro atoms. The molecule has 1 atom stereocenters. The normalized spacial score (nSPS) is 17.6. The summed E-state index contributed by atoms with van der Waals surface area (Å²) in [6, 6.07) is 11.0. The van der Waals surface area contributed by atoms with Gasteiger partial charge in [-0.15, -0.1) is 0 Å². The third kappa shape index (κ3) is 4.07. The molecule has 7 nitrogen and oxygen atoms in total. The smallest absolute Gasteiger partial charge is 0.295 e. The highest BCUT2D eigenvalue weighted by molar-refractivity contribution is 6.47. The van der Waals surface area contributed by atoms with Gasteiger partial charge in [0.25, 0.3) is 11.7 Å². The number of rotatable bonds is 6. The first kappa shape index (κ1) is 21.5. The Balaban J connectivity index is 1.87. The van der Waals surface area contributed by atoms with E-state index in [0.717, 1.165) is 5.56 Å². The van der Waals surface area contributed by atoms with Crippen LogP contribution in [0.25, 0.3) is 5.76 Å². The van der Waals surface area contributed by atoms with Gasteiger partial charge in [-0.1, -0.05) is 11.6 Å². The molecule has 0 radical (unpaired) electrons. The van der Waals surface area contributed by atoms with Crippen molar-refractivity contribution in [2.45, 2.75) is 19.5 Å². The Morgan fingerprint density at radius 2 is 1.72 bits per heavy atom. The number of halogens is 1. The van der Waals surface area contributed by atoms with Crippen LogP contribution in [0.1, 0.15) is 29.7 Å². The number of aromatic nitrogens is 2. The molecule has 1 amide bonds. The monoisotopic (exact) mass is 449 g/mol. The van der Waals surface area contributed by atoms with Crippen LogP contribution in [-0.2, 0) is 16.1 Å². The number of carbonyl (C=O) groups excluding carboxylic acids is 2. The minimum absolute atomic E-state index is 0.0363. The molecule has 0 bridgehead atoms. The van der Waals surface area contributed by atoms with Gasteiger partial charge >= 0.3 is 0 Å². The maximum atomic E-state index is 13.1. The zero-order chi connectivity index (χ0) is 22.7. The van der Waals surface area contributed by atoms with Crippen LogP contribution in [0, 0.1) is 0 Å². The minimum Gasteiger partial charge on any atom is -0.507 e. The lowest BCUT2D eigenvalue weighted by molar-refractivity contribution is -0.140. The van der Waals surface area contributed by atoms with Gasteiger partial charge in [0.2, 0.25) is 0 Å². The second-order valence-electron chi connectivity index (χ2n) is 7.14. The molecule has 0 aliphatic carbocycles. The van der Waals surface area contributed by atoms with Crippen LogP contribution < -0.4 is 4.74 Å². The fourth-order valence-electron chi connectivity index (χ4n) is 3.71. The number of aliphatic hydroxyl groups is 1. The third-order valence-electron chi connectivity index (χ3n) is 5.17. The summed E-state index contributed by atoms with van der Waals surface area (Å²) in [6.07, 6.45) is 6.38. The molecule has 3 heterocycles. The third-order valence-corrected chi connectivity index (χ3v) is 5.50. The van der Waals surface area contributed by atoms with Crippen molar-refractivity contribution in [3.8, 4) is 5.75 Å². The molecule has 4 rings (SSSR count). The Labute approximate surface area is 190 Å². The molecule has 1 aliphatic heterocycles. The summed E-state index contributed by atoms with van der Waals surface area (Å²) in [6.45, 7) is 2.43. The molecule has 1 unspecified atom stereocenters. The van der Waals surface area contributed by atoms with Gasteiger partial charge in [0.1, 0.15) is 11.5 Å². The molecule has 2 aromatic heterocycles. The average molecular weight is 450 g/mol. The van der Waals surface area contributed by atoms with Crippen LogP contribution in [0.4, 0.5) is 0 Å². The van der Waals surface area contributed by atoms with Gasteiger partial charge in [0.15, 0.2) is 0 Å². The molecule has 1 saturated heterocycles. The van der Waals surface area contributed by atoms with Gasteiger partial charge in [-0.2, -0.15) is 0 Å². The molecular weight excluding hydrogens is 430 g/mol. The molecule has 162 valence electrons. The molecule has 0 saturated carbocycles. The predicted molar refractivity (Wildman–Crippen MR) is 119 cm³/mol. The molecular formula is C24H20ClN3O4. The predicted octanol–water partition coefficient (Wildman–Crippen LogP) is 4.15. The van der Waals surface area contributed by atoms with Crippen LogP contribution in [0.3, 0.4) is 0 Å². The van der Waals surface area contributed by atoms with Gasteiger partial charge in [-0.05, 0) is 60.5 Å². The number of likely N-dealkylation sites (tertiary alicyclic amines) is 1. The first-order chi connectivity index (χ1) is 15.5. The van der Waals surface area contributed by atoms with Crippen molar-refractivity contribution in [3.63, 3.8) is 0 Å². The first-order valence-corrected chi connectivity index (χ1v) is 10.4. The zero-order valence-electron chi connectivity index (χ0n) is 17.2. The Morgan fingerprint density at radius 1 is 1.06 bits per heavy atom. The SMILES string of the molecule is CCOc1ccc(Cl)c(/C(O)=C2\C(=O)C(=O)N(Cc3ccncc3)C2c2ccncc2)c1. The number of ketones is 1. The molecule has 1 fully saturated rings. The molecule has 8 heteroatoms. The summed E-state index contributed by atoms with van der Waals surface area (Å²) in [4.78, 5) is 35.6. The highest BCUT2D eigenvalue weighted by Gasteiger charge is 2.46. The lowest BCUT2D eigenvalue weighted by atomic mass is 9.95. The highest BCUT2D eigenvalue weighted by Crippen LogP contribution is 2.41. The number of amides is 1. The van der Waals surface area contributed by atoms with Crippen molar-refractivity contribution in [1.82, 2.24) is 14.9 Å². The second kappa shape index (κ2) is 9.20. The largest absolute Gasteiger partial charge is 0.507 e. The molecule has 1 N–H and O–H groups in total. The van der Waals surface area contributed by atoms with E-state index < -0.39 is 17.7 Å². The number of nitrogens with zero attached hydrogens (tertiary/aromatic N) is 3. The van der Waals surface area contributed by atoms with Gasteiger partial charge in [0.05, 0.1) is 23.2 Å². The summed E-state index contributed by atoms with van der Waals surface area (Å²) in [5, 5.41) is 11.4. The Kier molecular flexibility index (Phi) is 6.18. The van der Waals surface area contributed by atoms with Crippen molar-refractivity contribution in [1.29, 1.82) is 0 Å². The van der Waals surface area contributed by atoms with E-state index >= 15 is 0 Å². The van der Waals surface area contributed by atoms with E-state index in [4.69, 9.17) is 16.3 Å². The Bertz CT molecular complexity index is 1180. The quantitative estimate of drug-likeness (QED) is 0.345. The van der Waals surface area contributed by atoms with Gasteiger partial charge in [0, 0.05) is 36.9 Å². The van der Waals surface area contributed by atoms with Crippen LogP contribution in [0.15, 0.2) is 72.8 Å². The van der Waals surface area contributed by atoms with Crippen molar-refractivity contribution < 1.29 is 19.4 Å². The first-order valence-electron chi connectivity index (χ1n) is 10.0. The average Bonchev–Trinajstić information content (AvgIpc) is 3.06. The zero-order valence-corrected chi connectivity index (χ0v) is 18.0. The Hall–Kier alpha value is -3.71. The van der Waals surface area contributed by atoms with Crippen LogP contribution in [-0.4, -0.2) is 38.3 Å². The lowest BCUT2D eigenvalue weighted by Crippen LogP contribution is -2.29. The number of aliphatic hydroxyl groups excluding tert-OH is 1. The summed E-state index contributed by atoms with van der Waals surface area (Å²) >= 11 is 6.34. The fourth-order valence-corrected chi connectivity index (χ4v) is 3.91. The van der Waals surface area contributed by atoms with Gasteiger partial charge in [-0.3, -0.25) is 19.6 Å². The van der Waals surface area contributed by atoms with Crippen LogP contribution >= 0.6 is 11.6 Å². The standard InChI is InChI=1S/C24H20ClN3O4/c1-2-32-17-3-4-19(25)18(13-17)22(29)20-21(16-7-11-27-12-8-16)28(24(31)23(20)30)14-15-5-9-26-10-6-15/h3-13,21,29H,2,14H2,1H3/b22-20+. The maximum absolute atomic E-state index is 13.1. The highest BCUT2D eigenvalue weighted by atomic mass is 35.5. The van der Waals surface area contributed by atoms with Crippen molar-refractivity contribution in [2.24, 2.45) is 0 Å². The van der Waals surface area contributed by atoms with Gasteiger partial charge in [-0.25, -0.2) is 0 Å². The van der Waals surface area contributed by atoms with Crippen molar-refractivity contribution >= 4 is 29.1 Å². The summed E-state index contributed by atoms with van der Waals surface area (Å²) in [5.74, 6) is -1.35. The number of Topliss-reactive ketones (excluding diaryl/α,β-unsaturated/α-hetero) is 1. The van der Waals surface area contributed by atoms with E-state index in [-0.39, 0.29) is 28.5 Å². The van der Waals surface area contributed by atoms with Crippen LogP contribution in [0.5, 0.6) is 5.75 Å². The van der Waals surface area contributed by atoms with Gasteiger partial charge < -0.3 is 14.7 Å². The molecule has 32 heavy (non-hydrogen) atoms. The fraction of sp³-hybridized carbons (Fsp3) is 0.167. The number of ether oxygens (including phenoxy) is 1. The second-order valence-corrected chi connectivity index (χ2v) is 7.54. The number of pyridine rings is 2. The summed E-state index contributed by atoms with van der Waals surface area (Å²) < 4.78 is 5.51. The molecule has 1 aliphatic rings. The van der Waals surface area contributed by atoms with Crippen molar-refractivity contribution in [2.75, 3.05) is 6.61 Å². The minimum atomic E-state index is -0.807. The van der Waals surface area contributed by atoms with E-state index in [1.54, 1.807) is 67.3 Å². The molecule has 3 aromatic rings. The maximum Gasteiger partial charge on any atom is 0.295 e. The van der Waals surface area contributed by atoms with E-state index in [1.807, 2.05) is 6.92 Å². The van der Waals surface area contributed by atoms with Crippen molar-refractivity contribution in [3.05, 3.63) is 94.5 Å².